The Morgan fingerprint density at radius 3 is 2.75 bits per heavy atom. The number of benzene rings is 1. The van der Waals surface area contributed by atoms with E-state index >= 15 is 0 Å². The Kier molecular flexibility index (Phi) is 4.38. The van der Waals surface area contributed by atoms with Crippen molar-refractivity contribution in [3.05, 3.63) is 54.2 Å². The standard InChI is InChI=1S/C17H20N2S/c1-2-19-12-6-9-16(19)14-10-11-17(18-13-14)20-15-7-4-3-5-8-15/h3-5,7-8,10-11,13,16H,2,6,9,12H2,1H3/t16-/m0/s1. The van der Waals surface area contributed by atoms with Gasteiger partial charge in [-0.1, -0.05) is 43.0 Å². The van der Waals surface area contributed by atoms with Crippen molar-refractivity contribution < 1.29 is 0 Å². The van der Waals surface area contributed by atoms with Gasteiger partial charge in [-0.3, -0.25) is 4.90 Å². The molecule has 3 rings (SSSR count). The normalized spacial score (nSPS) is 19.4. The molecule has 104 valence electrons. The van der Waals surface area contributed by atoms with Crippen molar-refractivity contribution in [2.24, 2.45) is 0 Å². The monoisotopic (exact) mass is 284 g/mol. The zero-order chi connectivity index (χ0) is 13.8. The molecule has 0 amide bonds. The predicted molar refractivity (Wildman–Crippen MR) is 84.0 cm³/mol. The van der Waals surface area contributed by atoms with Gasteiger partial charge in [-0.25, -0.2) is 4.98 Å². The molecule has 0 bridgehead atoms. The summed E-state index contributed by atoms with van der Waals surface area (Å²) in [6, 6.07) is 15.4. The second-order valence-corrected chi connectivity index (χ2v) is 6.23. The summed E-state index contributed by atoms with van der Waals surface area (Å²) in [5, 5.41) is 1.07. The number of rotatable bonds is 4. The number of hydrogen-bond acceptors (Lipinski definition) is 3. The molecule has 1 aliphatic rings. The number of pyridine rings is 1. The van der Waals surface area contributed by atoms with E-state index in [0.717, 1.165) is 11.6 Å². The van der Waals surface area contributed by atoms with Crippen LogP contribution in [0.2, 0.25) is 0 Å². The smallest absolute Gasteiger partial charge is 0.101 e. The van der Waals surface area contributed by atoms with E-state index in [1.807, 2.05) is 6.07 Å². The number of nitrogens with zero attached hydrogens (tertiary/aromatic N) is 2. The summed E-state index contributed by atoms with van der Waals surface area (Å²) in [5.41, 5.74) is 1.36. The lowest BCUT2D eigenvalue weighted by atomic mass is 10.1. The zero-order valence-electron chi connectivity index (χ0n) is 11.8. The zero-order valence-corrected chi connectivity index (χ0v) is 12.6. The quantitative estimate of drug-likeness (QED) is 0.828. The minimum atomic E-state index is 0.572. The van der Waals surface area contributed by atoms with Crippen molar-refractivity contribution >= 4 is 11.8 Å². The predicted octanol–water partition coefficient (Wildman–Crippen LogP) is 4.39. The van der Waals surface area contributed by atoms with Gasteiger partial charge in [0.2, 0.25) is 0 Å². The van der Waals surface area contributed by atoms with Crippen LogP contribution in [0.15, 0.2) is 58.6 Å². The number of hydrogen-bond donors (Lipinski definition) is 0. The van der Waals surface area contributed by atoms with Crippen LogP contribution in [-0.2, 0) is 0 Å². The molecule has 1 fully saturated rings. The number of aromatic nitrogens is 1. The van der Waals surface area contributed by atoms with Gasteiger partial charge >= 0.3 is 0 Å². The summed E-state index contributed by atoms with van der Waals surface area (Å²) in [6.07, 6.45) is 4.63. The molecule has 1 aromatic heterocycles. The van der Waals surface area contributed by atoms with Gasteiger partial charge < -0.3 is 0 Å². The third-order valence-corrected chi connectivity index (χ3v) is 4.84. The van der Waals surface area contributed by atoms with Crippen molar-refractivity contribution in [2.75, 3.05) is 13.1 Å². The van der Waals surface area contributed by atoms with Crippen molar-refractivity contribution in [1.82, 2.24) is 9.88 Å². The van der Waals surface area contributed by atoms with Crippen molar-refractivity contribution in [3.63, 3.8) is 0 Å². The highest BCUT2D eigenvalue weighted by Gasteiger charge is 2.24. The fourth-order valence-electron chi connectivity index (χ4n) is 2.84. The molecule has 1 atom stereocenters. The molecule has 2 heterocycles. The fourth-order valence-corrected chi connectivity index (χ4v) is 3.62. The summed E-state index contributed by atoms with van der Waals surface area (Å²) in [7, 11) is 0. The first-order valence-corrected chi connectivity index (χ1v) is 8.11. The molecule has 1 saturated heterocycles. The van der Waals surface area contributed by atoms with Gasteiger partial charge in [0.05, 0.1) is 0 Å². The highest BCUT2D eigenvalue weighted by atomic mass is 32.2. The molecule has 2 nitrogen and oxygen atoms in total. The van der Waals surface area contributed by atoms with Gasteiger partial charge in [-0.2, -0.15) is 0 Å². The maximum absolute atomic E-state index is 4.62. The van der Waals surface area contributed by atoms with Gasteiger partial charge in [0.1, 0.15) is 5.03 Å². The average molecular weight is 284 g/mol. The van der Waals surface area contributed by atoms with E-state index in [1.165, 1.54) is 29.8 Å². The third kappa shape index (κ3) is 3.05. The van der Waals surface area contributed by atoms with E-state index in [9.17, 15) is 0 Å². The Morgan fingerprint density at radius 1 is 1.20 bits per heavy atom. The Balaban J connectivity index is 1.71. The van der Waals surface area contributed by atoms with Gasteiger partial charge in [0, 0.05) is 17.1 Å². The first-order valence-electron chi connectivity index (χ1n) is 7.29. The molecule has 0 N–H and O–H groups in total. The van der Waals surface area contributed by atoms with E-state index in [-0.39, 0.29) is 0 Å². The molecular formula is C17H20N2S. The number of likely N-dealkylation sites (tertiary alicyclic amines) is 1. The van der Waals surface area contributed by atoms with Gasteiger partial charge in [-0.05, 0) is 49.7 Å². The maximum Gasteiger partial charge on any atom is 0.101 e. The fraction of sp³-hybridized carbons (Fsp3) is 0.353. The summed E-state index contributed by atoms with van der Waals surface area (Å²) in [4.78, 5) is 8.41. The minimum Gasteiger partial charge on any atom is -0.297 e. The van der Waals surface area contributed by atoms with Crippen LogP contribution in [-0.4, -0.2) is 23.0 Å². The average Bonchev–Trinajstić information content (AvgIpc) is 2.98. The summed E-state index contributed by atoms with van der Waals surface area (Å²) in [5.74, 6) is 0. The Labute approximate surface area is 125 Å². The summed E-state index contributed by atoms with van der Waals surface area (Å²) >= 11 is 1.72. The SMILES string of the molecule is CCN1CCC[C@H]1c1ccc(Sc2ccccc2)nc1. The maximum atomic E-state index is 4.62. The second kappa shape index (κ2) is 6.42. The highest BCUT2D eigenvalue weighted by Crippen LogP contribution is 2.32. The van der Waals surface area contributed by atoms with Gasteiger partial charge in [0.15, 0.2) is 0 Å². The molecule has 0 radical (unpaired) electrons. The molecule has 1 aliphatic heterocycles. The molecular weight excluding hydrogens is 264 g/mol. The van der Waals surface area contributed by atoms with Crippen LogP contribution in [0.5, 0.6) is 0 Å². The molecule has 0 unspecified atom stereocenters. The van der Waals surface area contributed by atoms with Crippen LogP contribution in [0.25, 0.3) is 0 Å². The topological polar surface area (TPSA) is 16.1 Å². The Bertz CT molecular complexity index is 539. The molecule has 0 saturated carbocycles. The van der Waals surface area contributed by atoms with E-state index in [2.05, 4.69) is 59.4 Å². The van der Waals surface area contributed by atoms with Crippen LogP contribution in [0, 0.1) is 0 Å². The van der Waals surface area contributed by atoms with Crippen molar-refractivity contribution in [1.29, 1.82) is 0 Å². The first-order chi connectivity index (χ1) is 9.86. The van der Waals surface area contributed by atoms with E-state index < -0.39 is 0 Å². The van der Waals surface area contributed by atoms with Crippen LogP contribution in [0.4, 0.5) is 0 Å². The third-order valence-electron chi connectivity index (χ3n) is 3.88. The second-order valence-electron chi connectivity index (χ2n) is 5.13. The molecule has 3 heteroatoms. The summed E-state index contributed by atoms with van der Waals surface area (Å²) < 4.78 is 0. The van der Waals surface area contributed by atoms with Crippen LogP contribution >= 0.6 is 11.8 Å². The lowest BCUT2D eigenvalue weighted by molar-refractivity contribution is 0.271. The van der Waals surface area contributed by atoms with E-state index in [4.69, 9.17) is 0 Å². The van der Waals surface area contributed by atoms with Crippen molar-refractivity contribution in [3.8, 4) is 0 Å². The molecule has 2 aromatic rings. The first kappa shape index (κ1) is 13.7. The minimum absolute atomic E-state index is 0.572. The summed E-state index contributed by atoms with van der Waals surface area (Å²) in [6.45, 7) is 4.60. The van der Waals surface area contributed by atoms with Gasteiger partial charge in [0.25, 0.3) is 0 Å². The van der Waals surface area contributed by atoms with E-state index in [1.54, 1.807) is 11.8 Å². The molecule has 0 spiro atoms. The Morgan fingerprint density at radius 2 is 2.05 bits per heavy atom. The highest BCUT2D eigenvalue weighted by molar-refractivity contribution is 7.99. The molecule has 0 aliphatic carbocycles. The Hall–Kier alpha value is -1.32. The van der Waals surface area contributed by atoms with Crippen LogP contribution in [0.1, 0.15) is 31.4 Å². The lowest BCUT2D eigenvalue weighted by Gasteiger charge is -2.22. The largest absolute Gasteiger partial charge is 0.297 e. The van der Waals surface area contributed by atoms with Gasteiger partial charge in [-0.15, -0.1) is 0 Å². The van der Waals surface area contributed by atoms with Crippen LogP contribution in [0.3, 0.4) is 0 Å². The van der Waals surface area contributed by atoms with E-state index in [0.29, 0.717) is 6.04 Å². The van der Waals surface area contributed by atoms with Crippen LogP contribution < -0.4 is 0 Å². The lowest BCUT2D eigenvalue weighted by Crippen LogP contribution is -2.22. The molecule has 1 aromatic carbocycles. The van der Waals surface area contributed by atoms with Crippen molar-refractivity contribution in [2.45, 2.75) is 35.7 Å². The molecule has 20 heavy (non-hydrogen) atoms.